The number of primary amides is 1. The maximum atomic E-state index is 14.0. The summed E-state index contributed by atoms with van der Waals surface area (Å²) in [5.41, 5.74) is 11.0. The fourth-order valence-corrected chi connectivity index (χ4v) is 5.40. The summed E-state index contributed by atoms with van der Waals surface area (Å²) >= 11 is 0. The maximum absolute atomic E-state index is 14.0. The van der Waals surface area contributed by atoms with Crippen LogP contribution in [0.2, 0.25) is 0 Å². The number of carbonyl (C=O) groups is 1. The van der Waals surface area contributed by atoms with E-state index < -0.39 is 17.5 Å². The van der Waals surface area contributed by atoms with Gasteiger partial charge in [-0.15, -0.1) is 0 Å². The average Bonchev–Trinajstić information content (AvgIpc) is 2.93. The molecular formula is C30H39N7O6. The minimum Gasteiger partial charge on any atom is -0.493 e. The monoisotopic (exact) mass is 593 g/mol. The number of amides is 1. The van der Waals surface area contributed by atoms with Gasteiger partial charge in [-0.05, 0) is 62.9 Å². The zero-order valence-electron chi connectivity index (χ0n) is 25.3. The molecule has 2 heterocycles. The van der Waals surface area contributed by atoms with E-state index in [1.54, 1.807) is 11.7 Å². The van der Waals surface area contributed by atoms with Crippen LogP contribution in [0.4, 0.5) is 5.69 Å². The number of aliphatic hydroxyl groups excluding tert-OH is 1. The van der Waals surface area contributed by atoms with Gasteiger partial charge < -0.3 is 25.3 Å². The number of fused-ring (bicyclic) bond motifs is 3. The van der Waals surface area contributed by atoms with Crippen LogP contribution in [-0.2, 0) is 24.3 Å². The first-order valence-corrected chi connectivity index (χ1v) is 13.9. The number of carbonyl (C=O) groups excluding carboxylic acids is 1. The van der Waals surface area contributed by atoms with Crippen LogP contribution in [0, 0.1) is 20.8 Å². The van der Waals surface area contributed by atoms with Crippen molar-refractivity contribution in [2.75, 3.05) is 27.3 Å². The van der Waals surface area contributed by atoms with Crippen molar-refractivity contribution in [3.05, 3.63) is 80.1 Å². The van der Waals surface area contributed by atoms with Crippen LogP contribution in [0.3, 0.4) is 0 Å². The molecule has 0 spiro atoms. The lowest BCUT2D eigenvalue weighted by Gasteiger charge is -2.25. The van der Waals surface area contributed by atoms with Crippen molar-refractivity contribution in [1.29, 1.82) is 0 Å². The third-order valence-corrected chi connectivity index (χ3v) is 7.30. The zero-order chi connectivity index (χ0) is 31.6. The maximum Gasteiger partial charge on any atom is 0.330 e. The van der Waals surface area contributed by atoms with Crippen LogP contribution in [0.15, 0.2) is 51.7 Å². The first-order chi connectivity index (χ1) is 20.4. The highest BCUT2D eigenvalue weighted by atomic mass is 16.5. The summed E-state index contributed by atoms with van der Waals surface area (Å²) in [4.78, 5) is 30.8. The van der Waals surface area contributed by atoms with Gasteiger partial charge in [-0.25, -0.2) is 20.7 Å². The van der Waals surface area contributed by atoms with Crippen molar-refractivity contribution < 1.29 is 24.6 Å². The summed E-state index contributed by atoms with van der Waals surface area (Å²) < 4.78 is 14.4. The lowest BCUT2D eigenvalue weighted by molar-refractivity contribution is -0.120. The molecule has 13 heteroatoms. The van der Waals surface area contributed by atoms with Crippen LogP contribution in [0.25, 0.3) is 11.3 Å². The van der Waals surface area contributed by atoms with E-state index in [-0.39, 0.29) is 18.8 Å². The van der Waals surface area contributed by atoms with E-state index in [0.29, 0.717) is 53.0 Å². The van der Waals surface area contributed by atoms with Gasteiger partial charge in [0, 0.05) is 31.8 Å². The Balaban J connectivity index is 1.92. The van der Waals surface area contributed by atoms with Gasteiger partial charge in [0.25, 0.3) is 5.91 Å². The third-order valence-electron chi connectivity index (χ3n) is 7.30. The molecule has 0 saturated heterocycles. The van der Waals surface area contributed by atoms with E-state index in [1.807, 2.05) is 58.0 Å². The predicted molar refractivity (Wildman–Crippen MR) is 161 cm³/mol. The largest absolute Gasteiger partial charge is 0.493 e. The van der Waals surface area contributed by atoms with Crippen LogP contribution in [0.1, 0.15) is 29.2 Å². The molecule has 13 nitrogen and oxygen atoms in total. The van der Waals surface area contributed by atoms with E-state index in [1.165, 1.54) is 11.6 Å². The molecule has 230 valence electrons. The highest BCUT2D eigenvalue weighted by Crippen LogP contribution is 2.37. The Morgan fingerprint density at radius 1 is 1.12 bits per heavy atom. The van der Waals surface area contributed by atoms with Crippen LogP contribution >= 0.6 is 0 Å². The summed E-state index contributed by atoms with van der Waals surface area (Å²) in [7, 11) is 2.86. The molecule has 0 aliphatic carbocycles. The minimum absolute atomic E-state index is 0.0950. The Hall–Kier alpha value is -4.75. The number of hydrazine groups is 1. The Morgan fingerprint density at radius 3 is 2.37 bits per heavy atom. The highest BCUT2D eigenvalue weighted by Gasteiger charge is 2.24. The van der Waals surface area contributed by atoms with Gasteiger partial charge in [0.2, 0.25) is 5.88 Å². The second-order valence-electron chi connectivity index (χ2n) is 10.4. The number of aryl methyl sites for hydroxylation is 4. The number of hydroxylamine groups is 2. The highest BCUT2D eigenvalue weighted by molar-refractivity contribution is 5.91. The number of hydrogen-bond acceptors (Lipinski definition) is 10. The van der Waals surface area contributed by atoms with Crippen molar-refractivity contribution in [3.8, 4) is 22.8 Å². The van der Waals surface area contributed by atoms with Gasteiger partial charge in [-0.3, -0.25) is 19.1 Å². The Labute approximate surface area is 249 Å². The van der Waals surface area contributed by atoms with Crippen LogP contribution in [-0.4, -0.2) is 62.7 Å². The molecule has 0 fully saturated rings. The molecule has 1 aromatic heterocycles. The molecule has 43 heavy (non-hydrogen) atoms. The number of nitrogens with zero attached hydrogens (tertiary/aromatic N) is 5. The second kappa shape index (κ2) is 12.6. The van der Waals surface area contributed by atoms with Gasteiger partial charge in [0.1, 0.15) is 5.49 Å². The van der Waals surface area contributed by atoms with Gasteiger partial charge in [-0.2, -0.15) is 0 Å². The van der Waals surface area contributed by atoms with Gasteiger partial charge in [0.05, 0.1) is 31.6 Å². The zero-order valence-corrected chi connectivity index (χ0v) is 25.3. The molecule has 1 aliphatic rings. The fraction of sp³-hybridized carbons (Fsp3) is 0.367. The molecule has 6 N–H and O–H groups in total. The second-order valence-corrected chi connectivity index (χ2v) is 10.4. The molecule has 0 saturated carbocycles. The van der Waals surface area contributed by atoms with E-state index in [2.05, 4.69) is 0 Å². The third kappa shape index (κ3) is 6.22. The number of aromatic nitrogens is 2. The van der Waals surface area contributed by atoms with Crippen LogP contribution in [0.5, 0.6) is 11.5 Å². The van der Waals surface area contributed by atoms with E-state index in [9.17, 15) is 19.9 Å². The lowest BCUT2D eigenvalue weighted by Crippen LogP contribution is -2.44. The molecule has 0 unspecified atom stereocenters. The molecular weight excluding hydrogens is 554 g/mol. The van der Waals surface area contributed by atoms with Crippen molar-refractivity contribution in [2.24, 2.45) is 16.6 Å². The topological polar surface area (TPSA) is 174 Å². The van der Waals surface area contributed by atoms with Gasteiger partial charge in [-0.1, -0.05) is 17.7 Å². The molecule has 0 atom stereocenters. The van der Waals surface area contributed by atoms with E-state index in [4.69, 9.17) is 26.0 Å². The number of methoxy groups -OCH3 is 1. The number of benzene rings is 2. The molecule has 0 bridgehead atoms. The van der Waals surface area contributed by atoms with Crippen molar-refractivity contribution in [3.63, 3.8) is 0 Å². The Morgan fingerprint density at radius 2 is 1.79 bits per heavy atom. The summed E-state index contributed by atoms with van der Waals surface area (Å²) in [6, 6.07) is 9.68. The van der Waals surface area contributed by atoms with Crippen molar-refractivity contribution in [1.82, 2.24) is 19.2 Å². The Bertz CT molecular complexity index is 1700. The van der Waals surface area contributed by atoms with Crippen molar-refractivity contribution in [2.45, 2.75) is 47.2 Å². The standard InChI is InChI=1S/C30H39N7O6/c1-7-43-24-14-20-8-9-35-22(21(20)15-23(24)42-6)16-25(33-26-18(3)12-17(2)13-19(26)4)36(30(35)40)10-11-37(41)29(39)27(28(31)38)34(5)32/h12-16,39,41H,7-11,32H2,1-6H3,(H2,31,38). The number of ether oxygens (including phenoxy) is 2. The quantitative estimate of drug-likeness (QED) is 0.119. The number of nitrogens with two attached hydrogens (primary N) is 2. The predicted octanol–water partition coefficient (Wildman–Crippen LogP) is 2.15. The van der Waals surface area contributed by atoms with Crippen LogP contribution < -0.4 is 32.2 Å². The Kier molecular flexibility index (Phi) is 9.16. The van der Waals surface area contributed by atoms with Gasteiger partial charge >= 0.3 is 5.69 Å². The number of likely N-dealkylation sites (N-methyl/N-ethyl adjacent to an activating group) is 1. The lowest BCUT2D eigenvalue weighted by atomic mass is 9.97. The molecule has 1 amide bonds. The normalized spacial score (nSPS) is 13.2. The van der Waals surface area contributed by atoms with Crippen molar-refractivity contribution >= 4 is 11.6 Å². The SMILES string of the molecule is CCOc1cc2c(cc1OC)-c1cc(=Nc3c(C)cc(C)cc3C)n(CCN(O)C(O)=C(C(N)=O)N(C)N)c(=O)n1CC2. The number of aliphatic hydroxyl groups is 1. The van der Waals surface area contributed by atoms with E-state index in [0.717, 1.165) is 32.8 Å². The smallest absolute Gasteiger partial charge is 0.330 e. The fourth-order valence-electron chi connectivity index (χ4n) is 5.40. The molecule has 2 aromatic carbocycles. The first kappa shape index (κ1) is 31.2. The first-order valence-electron chi connectivity index (χ1n) is 13.9. The minimum atomic E-state index is -1.04. The summed E-state index contributed by atoms with van der Waals surface area (Å²) in [5.74, 6) is 4.91. The number of hydrogen-bond donors (Lipinski definition) is 4. The average molecular weight is 594 g/mol. The molecule has 4 rings (SSSR count). The summed E-state index contributed by atoms with van der Waals surface area (Å²) in [6.07, 6.45) is 0.583. The number of rotatable bonds is 10. The summed E-state index contributed by atoms with van der Waals surface area (Å²) in [5, 5.41) is 22.3. The summed E-state index contributed by atoms with van der Waals surface area (Å²) in [6.45, 7) is 8.33. The molecule has 1 aliphatic heterocycles. The molecule has 0 radical (unpaired) electrons. The van der Waals surface area contributed by atoms with E-state index >= 15 is 0 Å². The van der Waals surface area contributed by atoms with Gasteiger partial charge in [0.15, 0.2) is 17.2 Å². The molecule has 3 aromatic rings.